The first kappa shape index (κ1) is 37.3. The first-order valence-electron chi connectivity index (χ1n) is 22.5. The number of hydrogen-bond acceptors (Lipinski definition) is 5. The molecule has 14 rings (SSSR count). The fourth-order valence-electron chi connectivity index (χ4n) is 10.2. The Morgan fingerprint density at radius 3 is 1.31 bits per heavy atom. The van der Waals surface area contributed by atoms with Crippen molar-refractivity contribution in [2.75, 3.05) is 0 Å². The van der Waals surface area contributed by atoms with Gasteiger partial charge in [-0.25, -0.2) is 9.97 Å². The van der Waals surface area contributed by atoms with E-state index >= 15 is 0 Å². The van der Waals surface area contributed by atoms with Crippen LogP contribution in [0.1, 0.15) is 0 Å². The molecule has 0 spiro atoms. The van der Waals surface area contributed by atoms with Gasteiger partial charge in [-0.1, -0.05) is 176 Å². The van der Waals surface area contributed by atoms with E-state index in [0.717, 1.165) is 133 Å². The lowest BCUT2D eigenvalue weighted by Gasteiger charge is -2.20. The fraction of sp³-hybridized carbons (Fsp3) is 0. The summed E-state index contributed by atoms with van der Waals surface area (Å²) in [6.45, 7) is 0. The third-order valence-corrected chi connectivity index (χ3v) is 13.3. The highest BCUT2D eigenvalue weighted by molar-refractivity contribution is 6.16. The van der Waals surface area contributed by atoms with Crippen LogP contribution in [0.2, 0.25) is 0 Å². The number of furan rings is 3. The lowest BCUT2D eigenvalue weighted by atomic mass is 9.85. The molecule has 0 atom stereocenters. The highest BCUT2D eigenvalue weighted by Gasteiger charge is 2.26. The van der Waals surface area contributed by atoms with Crippen molar-refractivity contribution in [3.8, 4) is 67.3 Å². The van der Waals surface area contributed by atoms with Gasteiger partial charge in [-0.2, -0.15) is 0 Å². The zero-order valence-corrected chi connectivity index (χ0v) is 35.9. The summed E-state index contributed by atoms with van der Waals surface area (Å²) in [5.74, 6) is 0.623. The summed E-state index contributed by atoms with van der Waals surface area (Å²) in [6, 6.07) is 76.1. The number of rotatable bonds is 6. The van der Waals surface area contributed by atoms with Crippen LogP contribution in [0.5, 0.6) is 0 Å². The molecule has 67 heavy (non-hydrogen) atoms. The molecule has 0 aliphatic carbocycles. The van der Waals surface area contributed by atoms with Crippen LogP contribution in [0.15, 0.2) is 232 Å². The maximum Gasteiger partial charge on any atom is 0.160 e. The van der Waals surface area contributed by atoms with Crippen LogP contribution in [0.25, 0.3) is 144 Å². The third kappa shape index (κ3) is 5.95. The molecule has 0 radical (unpaired) electrons. The van der Waals surface area contributed by atoms with E-state index in [1.165, 1.54) is 5.39 Å². The molecule has 4 aromatic heterocycles. The SMILES string of the molecule is c1ccc(-c2nc(-c3ccc4ccccc4c3)cc(-c3c(-c4cccc5c4oc4ccccc45)cc(-c4cccc5c4oc4ccccc45)cc3-c3cccc4c3oc3ccccc34)n2)cc1. The molecular formula is C62H36N2O3. The Kier molecular flexibility index (Phi) is 8.21. The average Bonchev–Trinajstić information content (AvgIpc) is 4.10. The normalized spacial score (nSPS) is 11.9. The van der Waals surface area contributed by atoms with Crippen molar-refractivity contribution in [3.63, 3.8) is 0 Å². The molecule has 10 aromatic carbocycles. The van der Waals surface area contributed by atoms with E-state index in [1.54, 1.807) is 0 Å². The zero-order chi connectivity index (χ0) is 44.0. The number of nitrogens with zero attached hydrogens (tertiary/aromatic N) is 2. The molecule has 0 saturated heterocycles. The molecule has 5 heteroatoms. The molecule has 0 unspecified atom stereocenters. The van der Waals surface area contributed by atoms with Crippen molar-refractivity contribution in [2.45, 2.75) is 0 Å². The van der Waals surface area contributed by atoms with E-state index in [2.05, 4.69) is 164 Å². The summed E-state index contributed by atoms with van der Waals surface area (Å²) in [5.41, 5.74) is 15.0. The lowest BCUT2D eigenvalue weighted by molar-refractivity contribution is 0.670. The third-order valence-electron chi connectivity index (χ3n) is 13.3. The minimum Gasteiger partial charge on any atom is -0.455 e. The summed E-state index contributed by atoms with van der Waals surface area (Å²) in [5, 5.41) is 8.63. The summed E-state index contributed by atoms with van der Waals surface area (Å²) in [7, 11) is 0. The van der Waals surface area contributed by atoms with Crippen LogP contribution < -0.4 is 0 Å². The van der Waals surface area contributed by atoms with Gasteiger partial charge in [0.25, 0.3) is 0 Å². The Labute approximate surface area is 383 Å². The van der Waals surface area contributed by atoms with Gasteiger partial charge in [-0.3, -0.25) is 0 Å². The predicted octanol–water partition coefficient (Wildman–Crippen LogP) is 17.3. The van der Waals surface area contributed by atoms with Crippen molar-refractivity contribution in [1.29, 1.82) is 0 Å². The van der Waals surface area contributed by atoms with Gasteiger partial charge in [0.1, 0.15) is 33.5 Å². The monoisotopic (exact) mass is 856 g/mol. The maximum atomic E-state index is 6.90. The second-order valence-corrected chi connectivity index (χ2v) is 17.2. The molecular weight excluding hydrogens is 821 g/mol. The number of aromatic nitrogens is 2. The second-order valence-electron chi connectivity index (χ2n) is 17.2. The first-order valence-corrected chi connectivity index (χ1v) is 22.5. The van der Waals surface area contributed by atoms with E-state index in [-0.39, 0.29) is 0 Å². The standard InChI is InChI=1S/C62H36N2O3/c1-2-16-38(17-3-1)62-63-53(40-32-31-37-15-4-5-18-39(37)33-40)36-54(64-62)58-51(49-26-13-24-47-44-20-7-10-29-56(44)66-60(47)49)34-41(42-22-12-23-46-43-19-6-9-28-55(43)65-59(42)46)35-52(58)50-27-14-25-48-45-21-8-11-30-57(45)67-61(48)50/h1-36H. The smallest absolute Gasteiger partial charge is 0.160 e. The largest absolute Gasteiger partial charge is 0.455 e. The summed E-state index contributed by atoms with van der Waals surface area (Å²) in [6.07, 6.45) is 0. The van der Waals surface area contributed by atoms with Crippen molar-refractivity contribution < 1.29 is 13.3 Å². The minimum atomic E-state index is 0.623. The zero-order valence-electron chi connectivity index (χ0n) is 35.9. The van der Waals surface area contributed by atoms with Crippen molar-refractivity contribution in [3.05, 3.63) is 218 Å². The van der Waals surface area contributed by atoms with Gasteiger partial charge >= 0.3 is 0 Å². The molecule has 0 saturated carbocycles. The van der Waals surface area contributed by atoms with E-state index < -0.39 is 0 Å². The lowest BCUT2D eigenvalue weighted by Crippen LogP contribution is -2.00. The molecule has 0 N–H and O–H groups in total. The molecule has 312 valence electrons. The first-order chi connectivity index (χ1) is 33.2. The van der Waals surface area contributed by atoms with Crippen LogP contribution >= 0.6 is 0 Å². The summed E-state index contributed by atoms with van der Waals surface area (Å²) < 4.78 is 20.6. The predicted molar refractivity (Wildman–Crippen MR) is 274 cm³/mol. The number of benzene rings is 10. The van der Waals surface area contributed by atoms with E-state index in [9.17, 15) is 0 Å². The fourth-order valence-corrected chi connectivity index (χ4v) is 10.2. The van der Waals surface area contributed by atoms with Crippen LogP contribution in [0.3, 0.4) is 0 Å². The second kappa shape index (κ2) is 14.7. The maximum absolute atomic E-state index is 6.90. The Hall–Kier alpha value is -9.06. The summed E-state index contributed by atoms with van der Waals surface area (Å²) in [4.78, 5) is 10.9. The average molecular weight is 857 g/mol. The Morgan fingerprint density at radius 1 is 0.269 bits per heavy atom. The highest BCUT2D eigenvalue weighted by Crippen LogP contribution is 2.50. The topological polar surface area (TPSA) is 65.2 Å². The van der Waals surface area contributed by atoms with Gasteiger partial charge in [-0.05, 0) is 69.9 Å². The van der Waals surface area contributed by atoms with Gasteiger partial charge in [0, 0.05) is 65.7 Å². The van der Waals surface area contributed by atoms with Gasteiger partial charge in [0.15, 0.2) is 5.82 Å². The van der Waals surface area contributed by atoms with E-state index in [0.29, 0.717) is 5.82 Å². The molecule has 0 aliphatic heterocycles. The number of fused-ring (bicyclic) bond motifs is 10. The Bertz CT molecular complexity index is 4150. The van der Waals surface area contributed by atoms with Crippen LogP contribution in [0.4, 0.5) is 0 Å². The van der Waals surface area contributed by atoms with Gasteiger partial charge in [0.2, 0.25) is 0 Å². The van der Waals surface area contributed by atoms with Gasteiger partial charge in [0.05, 0.1) is 11.4 Å². The molecule has 0 aliphatic rings. The van der Waals surface area contributed by atoms with Crippen molar-refractivity contribution in [1.82, 2.24) is 9.97 Å². The summed E-state index contributed by atoms with van der Waals surface area (Å²) >= 11 is 0. The van der Waals surface area contributed by atoms with Crippen molar-refractivity contribution >= 4 is 76.6 Å². The minimum absolute atomic E-state index is 0.623. The quantitative estimate of drug-likeness (QED) is 0.167. The number of hydrogen-bond donors (Lipinski definition) is 0. The molecule has 14 aromatic rings. The van der Waals surface area contributed by atoms with Crippen LogP contribution in [0, 0.1) is 0 Å². The van der Waals surface area contributed by atoms with Crippen LogP contribution in [-0.2, 0) is 0 Å². The van der Waals surface area contributed by atoms with Crippen LogP contribution in [-0.4, -0.2) is 9.97 Å². The molecule has 0 bridgehead atoms. The van der Waals surface area contributed by atoms with E-state index in [4.69, 9.17) is 23.2 Å². The van der Waals surface area contributed by atoms with Crippen molar-refractivity contribution in [2.24, 2.45) is 0 Å². The molecule has 4 heterocycles. The molecule has 0 fully saturated rings. The number of para-hydroxylation sites is 6. The molecule has 0 amide bonds. The molecule has 5 nitrogen and oxygen atoms in total. The Morgan fingerprint density at radius 2 is 0.731 bits per heavy atom. The van der Waals surface area contributed by atoms with E-state index in [1.807, 2.05) is 54.6 Å². The van der Waals surface area contributed by atoms with Gasteiger partial charge < -0.3 is 13.3 Å². The Balaban J connectivity index is 1.15. The highest BCUT2D eigenvalue weighted by atomic mass is 16.3. The van der Waals surface area contributed by atoms with Gasteiger partial charge in [-0.15, -0.1) is 0 Å².